The van der Waals surface area contributed by atoms with Crippen LogP contribution in [0.25, 0.3) is 0 Å². The van der Waals surface area contributed by atoms with E-state index in [0.29, 0.717) is 0 Å². The summed E-state index contributed by atoms with van der Waals surface area (Å²) in [5.41, 5.74) is 8.89. The van der Waals surface area contributed by atoms with Crippen molar-refractivity contribution >= 4 is 5.69 Å². The molecule has 4 nitrogen and oxygen atoms in total. The highest BCUT2D eigenvalue weighted by Crippen LogP contribution is 2.25. The summed E-state index contributed by atoms with van der Waals surface area (Å²) >= 11 is 0. The molecule has 1 heterocycles. The number of hydrogen-bond donors (Lipinski definition) is 3. The molecule has 0 spiro atoms. The number of nitrogens with two attached hydrogens (primary N) is 1. The van der Waals surface area contributed by atoms with E-state index in [4.69, 9.17) is 15.9 Å². The summed E-state index contributed by atoms with van der Waals surface area (Å²) in [4.78, 5) is 2.06. The molecule has 1 aromatic carbocycles. The average Bonchev–Trinajstić information content (AvgIpc) is 2.62. The number of nitrogen functional groups attached to an aromatic ring is 1. The Morgan fingerprint density at radius 3 is 2.53 bits per heavy atom. The lowest BCUT2D eigenvalue weighted by molar-refractivity contribution is 0.0722. The van der Waals surface area contributed by atoms with Crippen molar-refractivity contribution in [2.24, 2.45) is 0 Å². The zero-order chi connectivity index (χ0) is 10.8. The van der Waals surface area contributed by atoms with Gasteiger partial charge in [0.2, 0.25) is 0 Å². The first kappa shape index (κ1) is 10.4. The second kappa shape index (κ2) is 4.18. The third kappa shape index (κ3) is 1.97. The molecule has 1 aromatic rings. The molecule has 0 atom stereocenters. The van der Waals surface area contributed by atoms with Crippen molar-refractivity contribution in [3.8, 4) is 0 Å². The molecule has 1 aliphatic heterocycles. The van der Waals surface area contributed by atoms with E-state index in [1.54, 1.807) is 0 Å². The fraction of sp³-hybridized carbons (Fsp3) is 0.455. The number of fused-ring (bicyclic) bond motifs is 1. The lowest BCUT2D eigenvalue weighted by atomic mass is 10.1. The Labute approximate surface area is 88.9 Å². The fourth-order valence-corrected chi connectivity index (χ4v) is 1.99. The number of aliphatic hydroxyl groups is 2. The Bertz CT molecular complexity index is 350. The van der Waals surface area contributed by atoms with Crippen LogP contribution in [0.5, 0.6) is 0 Å². The molecule has 0 saturated carbocycles. The Hall–Kier alpha value is -1.10. The molecule has 0 amide bonds. The highest BCUT2D eigenvalue weighted by molar-refractivity contribution is 5.46. The first-order valence-electron chi connectivity index (χ1n) is 5.07. The highest BCUT2D eigenvalue weighted by atomic mass is 16.3. The highest BCUT2D eigenvalue weighted by Gasteiger charge is 2.24. The van der Waals surface area contributed by atoms with Crippen LogP contribution in [0.15, 0.2) is 18.2 Å². The van der Waals surface area contributed by atoms with Crippen LogP contribution in [0.1, 0.15) is 11.1 Å². The molecule has 0 bridgehead atoms. The standard InChI is InChI=1S/C11H16N2O2/c12-10-2-1-8-4-13(5-9(8)3-10)11(6-14)7-15/h1-3,11,14-15H,4-7,12H2. The summed E-state index contributed by atoms with van der Waals surface area (Å²) in [7, 11) is 0. The van der Waals surface area contributed by atoms with E-state index in [1.165, 1.54) is 11.1 Å². The summed E-state index contributed by atoms with van der Waals surface area (Å²) in [6.07, 6.45) is 0. The largest absolute Gasteiger partial charge is 0.399 e. The summed E-state index contributed by atoms with van der Waals surface area (Å²) in [6, 6.07) is 5.69. The second-order valence-corrected chi connectivity index (χ2v) is 3.95. The van der Waals surface area contributed by atoms with Gasteiger partial charge in [0.15, 0.2) is 0 Å². The molecule has 0 aromatic heterocycles. The molecule has 2 rings (SSSR count). The Kier molecular flexibility index (Phi) is 2.90. The molecule has 4 heteroatoms. The Morgan fingerprint density at radius 1 is 1.20 bits per heavy atom. The van der Waals surface area contributed by atoms with Crippen molar-refractivity contribution in [2.75, 3.05) is 18.9 Å². The predicted molar refractivity (Wildman–Crippen MR) is 58.1 cm³/mol. The Morgan fingerprint density at radius 2 is 1.87 bits per heavy atom. The lowest BCUT2D eigenvalue weighted by Crippen LogP contribution is -2.36. The molecule has 0 saturated heterocycles. The van der Waals surface area contributed by atoms with Crippen LogP contribution >= 0.6 is 0 Å². The van der Waals surface area contributed by atoms with Gasteiger partial charge in [0, 0.05) is 18.8 Å². The van der Waals surface area contributed by atoms with Crippen molar-refractivity contribution in [3.63, 3.8) is 0 Å². The van der Waals surface area contributed by atoms with Crippen LogP contribution in [0.4, 0.5) is 5.69 Å². The van der Waals surface area contributed by atoms with Gasteiger partial charge in [0.05, 0.1) is 19.3 Å². The molecule has 0 unspecified atom stereocenters. The fourth-order valence-electron chi connectivity index (χ4n) is 1.99. The third-order valence-corrected chi connectivity index (χ3v) is 2.92. The van der Waals surface area contributed by atoms with Gasteiger partial charge >= 0.3 is 0 Å². The van der Waals surface area contributed by atoms with Gasteiger partial charge in [0.1, 0.15) is 0 Å². The van der Waals surface area contributed by atoms with Crippen LogP contribution in [-0.4, -0.2) is 34.4 Å². The molecule has 0 radical (unpaired) electrons. The topological polar surface area (TPSA) is 69.7 Å². The van der Waals surface area contributed by atoms with Gasteiger partial charge in [0.25, 0.3) is 0 Å². The maximum absolute atomic E-state index is 9.09. The van der Waals surface area contributed by atoms with Gasteiger partial charge < -0.3 is 15.9 Å². The van der Waals surface area contributed by atoms with Crippen molar-refractivity contribution < 1.29 is 10.2 Å². The zero-order valence-corrected chi connectivity index (χ0v) is 8.56. The van der Waals surface area contributed by atoms with E-state index in [2.05, 4.69) is 4.90 Å². The van der Waals surface area contributed by atoms with E-state index in [0.717, 1.165) is 18.8 Å². The number of anilines is 1. The van der Waals surface area contributed by atoms with Crippen molar-refractivity contribution in [3.05, 3.63) is 29.3 Å². The normalized spacial score (nSPS) is 15.9. The van der Waals surface area contributed by atoms with Crippen LogP contribution < -0.4 is 5.73 Å². The van der Waals surface area contributed by atoms with Crippen molar-refractivity contribution in [1.29, 1.82) is 0 Å². The summed E-state index contributed by atoms with van der Waals surface area (Å²) in [5.74, 6) is 0. The smallest absolute Gasteiger partial charge is 0.0609 e. The number of aliphatic hydroxyl groups excluding tert-OH is 2. The SMILES string of the molecule is Nc1ccc2c(c1)CN(C(CO)CO)C2. The molecule has 4 N–H and O–H groups in total. The third-order valence-electron chi connectivity index (χ3n) is 2.92. The van der Waals surface area contributed by atoms with Gasteiger partial charge in [-0.3, -0.25) is 4.90 Å². The molecule has 15 heavy (non-hydrogen) atoms. The van der Waals surface area contributed by atoms with Gasteiger partial charge in [-0.15, -0.1) is 0 Å². The quantitative estimate of drug-likeness (QED) is 0.609. The Balaban J connectivity index is 2.15. The van der Waals surface area contributed by atoms with E-state index < -0.39 is 0 Å². The zero-order valence-electron chi connectivity index (χ0n) is 8.56. The van der Waals surface area contributed by atoms with Crippen LogP contribution in [0, 0.1) is 0 Å². The molecule has 0 aliphatic carbocycles. The number of hydrogen-bond acceptors (Lipinski definition) is 4. The van der Waals surface area contributed by atoms with Crippen LogP contribution in [0.3, 0.4) is 0 Å². The second-order valence-electron chi connectivity index (χ2n) is 3.95. The van der Waals surface area contributed by atoms with E-state index in [1.807, 2.05) is 18.2 Å². The van der Waals surface area contributed by atoms with Crippen LogP contribution in [-0.2, 0) is 13.1 Å². The molecule has 82 valence electrons. The van der Waals surface area contributed by atoms with Crippen molar-refractivity contribution in [1.82, 2.24) is 4.90 Å². The minimum Gasteiger partial charge on any atom is -0.399 e. The number of rotatable bonds is 3. The van der Waals surface area contributed by atoms with Gasteiger partial charge in [-0.1, -0.05) is 6.07 Å². The maximum atomic E-state index is 9.09. The molecular formula is C11H16N2O2. The lowest BCUT2D eigenvalue weighted by Gasteiger charge is -2.23. The maximum Gasteiger partial charge on any atom is 0.0609 e. The van der Waals surface area contributed by atoms with E-state index >= 15 is 0 Å². The minimum atomic E-state index is -0.168. The van der Waals surface area contributed by atoms with E-state index in [-0.39, 0.29) is 19.3 Å². The summed E-state index contributed by atoms with van der Waals surface area (Å²) < 4.78 is 0. The van der Waals surface area contributed by atoms with Gasteiger partial charge in [-0.05, 0) is 23.3 Å². The molecule has 1 aliphatic rings. The minimum absolute atomic E-state index is 0.0139. The van der Waals surface area contributed by atoms with E-state index in [9.17, 15) is 0 Å². The molecule has 0 fully saturated rings. The van der Waals surface area contributed by atoms with Crippen molar-refractivity contribution in [2.45, 2.75) is 19.1 Å². The number of benzene rings is 1. The first-order chi connectivity index (χ1) is 7.24. The number of nitrogens with zero attached hydrogens (tertiary/aromatic N) is 1. The monoisotopic (exact) mass is 208 g/mol. The first-order valence-corrected chi connectivity index (χ1v) is 5.07. The predicted octanol–water partition coefficient (Wildman–Crippen LogP) is -0.0624. The van der Waals surface area contributed by atoms with Gasteiger partial charge in [-0.25, -0.2) is 0 Å². The summed E-state index contributed by atoms with van der Waals surface area (Å²) in [6.45, 7) is 1.51. The summed E-state index contributed by atoms with van der Waals surface area (Å²) in [5, 5.41) is 18.2. The average molecular weight is 208 g/mol. The van der Waals surface area contributed by atoms with Gasteiger partial charge in [-0.2, -0.15) is 0 Å². The molecular weight excluding hydrogens is 192 g/mol. The van der Waals surface area contributed by atoms with Crippen LogP contribution in [0.2, 0.25) is 0 Å².